The minimum atomic E-state index is 0.979. The van der Waals surface area contributed by atoms with Gasteiger partial charge in [-0.25, -0.2) is 0 Å². The van der Waals surface area contributed by atoms with Gasteiger partial charge in [0.15, 0.2) is 0 Å². The highest BCUT2D eigenvalue weighted by Gasteiger charge is 2.23. The lowest BCUT2D eigenvalue weighted by Gasteiger charge is -2.27. The summed E-state index contributed by atoms with van der Waals surface area (Å²) >= 11 is 1.86. The highest BCUT2D eigenvalue weighted by molar-refractivity contribution is 7.26. The third-order valence-corrected chi connectivity index (χ3v) is 11.4. The van der Waals surface area contributed by atoms with Gasteiger partial charge in [0, 0.05) is 48.6 Å². The van der Waals surface area contributed by atoms with Crippen LogP contribution in [0.5, 0.6) is 0 Å². The Balaban J connectivity index is 1.17. The second-order valence-corrected chi connectivity index (χ2v) is 14.4. The largest absolute Gasteiger partial charge is 0.310 e. The van der Waals surface area contributed by atoms with Crippen LogP contribution in [0.15, 0.2) is 194 Å². The van der Waals surface area contributed by atoms with Crippen molar-refractivity contribution >= 4 is 65.6 Å². The maximum absolute atomic E-state index is 2.42. The Hall–Kier alpha value is -6.42. The first-order valence-corrected chi connectivity index (χ1v) is 18.6. The van der Waals surface area contributed by atoms with Crippen molar-refractivity contribution in [2.45, 2.75) is 6.42 Å². The number of nitrogens with zero attached hydrogens (tertiary/aromatic N) is 2. The van der Waals surface area contributed by atoms with Crippen molar-refractivity contribution < 1.29 is 0 Å². The first kappa shape index (κ1) is 30.4. The number of fused-ring (bicyclic) bond motifs is 6. The lowest BCUT2D eigenvalue weighted by molar-refractivity contribution is 1.25. The van der Waals surface area contributed by atoms with E-state index in [9.17, 15) is 0 Å². The molecule has 8 aromatic carbocycles. The smallest absolute Gasteiger partial charge is 0.0554 e. The zero-order valence-electron chi connectivity index (χ0n) is 28.5. The Morgan fingerprint density at radius 1 is 0.365 bits per heavy atom. The molecule has 0 aliphatic heterocycles. The molecule has 0 spiro atoms. The molecule has 0 atom stereocenters. The van der Waals surface area contributed by atoms with Crippen LogP contribution in [-0.2, 0) is 6.42 Å². The monoisotopic (exact) mass is 682 g/mol. The van der Waals surface area contributed by atoms with Gasteiger partial charge >= 0.3 is 0 Å². The SMILES string of the molecule is c1ccc(-c2ccc(N(c3ccc4c(c3)-c3ccccc3C4)c3ccc4sc5cccc(N(c6ccccc6)c6ccccc6)c5c4c3)cc2)cc1. The number of para-hydroxylation sites is 2. The van der Waals surface area contributed by atoms with E-state index < -0.39 is 0 Å². The van der Waals surface area contributed by atoms with Crippen molar-refractivity contribution in [2.75, 3.05) is 9.80 Å². The Morgan fingerprint density at radius 3 is 1.69 bits per heavy atom. The van der Waals surface area contributed by atoms with Crippen LogP contribution in [0.4, 0.5) is 34.1 Å². The third-order valence-electron chi connectivity index (χ3n) is 10.3. The van der Waals surface area contributed by atoms with E-state index in [0.29, 0.717) is 0 Å². The van der Waals surface area contributed by atoms with E-state index in [4.69, 9.17) is 0 Å². The van der Waals surface area contributed by atoms with Gasteiger partial charge in [0.05, 0.1) is 5.69 Å². The average Bonchev–Trinajstić information content (AvgIpc) is 3.78. The van der Waals surface area contributed by atoms with E-state index in [1.54, 1.807) is 0 Å². The van der Waals surface area contributed by atoms with Crippen LogP contribution in [0.2, 0.25) is 0 Å². The van der Waals surface area contributed by atoms with Gasteiger partial charge in [-0.1, -0.05) is 115 Å². The molecule has 246 valence electrons. The number of anilines is 6. The second kappa shape index (κ2) is 12.7. The lowest BCUT2D eigenvalue weighted by Crippen LogP contribution is -2.10. The van der Waals surface area contributed by atoms with Crippen LogP contribution in [0.3, 0.4) is 0 Å². The zero-order valence-corrected chi connectivity index (χ0v) is 29.3. The van der Waals surface area contributed by atoms with Crippen molar-refractivity contribution in [3.8, 4) is 22.3 Å². The Bertz CT molecular complexity index is 2660. The molecule has 0 N–H and O–H groups in total. The summed E-state index contributed by atoms with van der Waals surface area (Å²) in [6.07, 6.45) is 0.979. The van der Waals surface area contributed by atoms with Crippen molar-refractivity contribution in [3.05, 3.63) is 205 Å². The Morgan fingerprint density at radius 2 is 0.942 bits per heavy atom. The van der Waals surface area contributed by atoms with Crippen molar-refractivity contribution in [1.82, 2.24) is 0 Å². The van der Waals surface area contributed by atoms with E-state index in [2.05, 4.69) is 204 Å². The summed E-state index contributed by atoms with van der Waals surface area (Å²) in [5.41, 5.74) is 14.7. The fourth-order valence-corrected chi connectivity index (χ4v) is 8.94. The molecule has 0 fully saturated rings. The molecule has 1 heterocycles. The van der Waals surface area contributed by atoms with Crippen molar-refractivity contribution in [3.63, 3.8) is 0 Å². The van der Waals surface area contributed by atoms with Crippen LogP contribution in [0.1, 0.15) is 11.1 Å². The van der Waals surface area contributed by atoms with Gasteiger partial charge in [0.1, 0.15) is 0 Å². The quantitative estimate of drug-likeness (QED) is 0.165. The predicted molar refractivity (Wildman–Crippen MR) is 222 cm³/mol. The van der Waals surface area contributed by atoms with Gasteiger partial charge in [-0.15, -0.1) is 11.3 Å². The summed E-state index contributed by atoms with van der Waals surface area (Å²) < 4.78 is 2.55. The molecule has 0 saturated heterocycles. The summed E-state index contributed by atoms with van der Waals surface area (Å²) in [6.45, 7) is 0. The van der Waals surface area contributed by atoms with E-state index in [-0.39, 0.29) is 0 Å². The van der Waals surface area contributed by atoms with Crippen molar-refractivity contribution in [2.24, 2.45) is 0 Å². The summed E-state index contributed by atoms with van der Waals surface area (Å²) in [5, 5.41) is 2.52. The molecule has 1 aromatic heterocycles. The van der Waals surface area contributed by atoms with Gasteiger partial charge < -0.3 is 9.80 Å². The fraction of sp³-hybridized carbons (Fsp3) is 0.0204. The average molecular weight is 683 g/mol. The maximum Gasteiger partial charge on any atom is 0.0554 e. The molecule has 1 aliphatic carbocycles. The standard InChI is InChI=1S/C49H34N2S/c1-4-13-34(14-5-1)35-23-26-40(27-24-35)50(41-28-25-37-31-36-15-10-11-20-43(36)44(37)32-41)42-29-30-47-45(33-42)49-46(21-12-22-48(49)52-47)51(38-16-6-2-7-17-38)39-18-8-3-9-19-39/h1-30,32-33H,31H2. The number of benzene rings is 8. The molecule has 0 bridgehead atoms. The van der Waals surface area contributed by atoms with Crippen molar-refractivity contribution in [1.29, 1.82) is 0 Å². The first-order chi connectivity index (χ1) is 25.8. The molecule has 0 amide bonds. The van der Waals surface area contributed by atoms with Gasteiger partial charge in [0.2, 0.25) is 0 Å². The van der Waals surface area contributed by atoms with E-state index in [1.165, 1.54) is 59.2 Å². The number of thiophene rings is 1. The van der Waals surface area contributed by atoms with Gasteiger partial charge in [0.25, 0.3) is 0 Å². The molecule has 1 aliphatic rings. The second-order valence-electron chi connectivity index (χ2n) is 13.4. The van der Waals surface area contributed by atoms with E-state index >= 15 is 0 Å². The number of rotatable bonds is 7. The molecule has 3 heteroatoms. The van der Waals surface area contributed by atoms with Crippen LogP contribution < -0.4 is 9.80 Å². The molecule has 10 rings (SSSR count). The summed E-state index contributed by atoms with van der Waals surface area (Å²) in [7, 11) is 0. The van der Waals surface area contributed by atoms with Gasteiger partial charge in [-0.2, -0.15) is 0 Å². The molecule has 0 unspecified atom stereocenters. The molecule has 52 heavy (non-hydrogen) atoms. The minimum absolute atomic E-state index is 0.979. The third kappa shape index (κ3) is 5.26. The maximum atomic E-state index is 2.42. The molecule has 9 aromatic rings. The van der Waals surface area contributed by atoms with E-state index in [1.807, 2.05) is 11.3 Å². The zero-order chi connectivity index (χ0) is 34.4. The summed E-state index contributed by atoms with van der Waals surface area (Å²) in [5.74, 6) is 0. The first-order valence-electron chi connectivity index (χ1n) is 17.8. The molecule has 2 nitrogen and oxygen atoms in total. The number of hydrogen-bond acceptors (Lipinski definition) is 3. The van der Waals surface area contributed by atoms with Crippen LogP contribution in [0.25, 0.3) is 42.4 Å². The Kier molecular flexibility index (Phi) is 7.44. The topological polar surface area (TPSA) is 6.48 Å². The predicted octanol–water partition coefficient (Wildman–Crippen LogP) is 14.2. The molecule has 0 radical (unpaired) electrons. The van der Waals surface area contributed by atoms with E-state index in [0.717, 1.165) is 34.9 Å². The fourth-order valence-electron chi connectivity index (χ4n) is 7.83. The van der Waals surface area contributed by atoms with Crippen LogP contribution >= 0.6 is 11.3 Å². The highest BCUT2D eigenvalue weighted by Crippen LogP contribution is 2.48. The molecular formula is C49H34N2S. The van der Waals surface area contributed by atoms with Crippen LogP contribution in [-0.4, -0.2) is 0 Å². The van der Waals surface area contributed by atoms with Gasteiger partial charge in [-0.3, -0.25) is 0 Å². The minimum Gasteiger partial charge on any atom is -0.310 e. The summed E-state index contributed by atoms with van der Waals surface area (Å²) in [4.78, 5) is 4.81. The highest BCUT2D eigenvalue weighted by atomic mass is 32.1. The van der Waals surface area contributed by atoms with Gasteiger partial charge in [-0.05, 0) is 119 Å². The molecular weight excluding hydrogens is 649 g/mol. The normalized spacial score (nSPS) is 11.8. The molecule has 0 saturated carbocycles. The lowest BCUT2D eigenvalue weighted by atomic mass is 10.0. The number of hydrogen-bond donors (Lipinski definition) is 0. The van der Waals surface area contributed by atoms with Crippen LogP contribution in [0, 0.1) is 0 Å². The Labute approximate surface area is 308 Å². The summed E-state index contributed by atoms with van der Waals surface area (Å²) in [6, 6.07) is 70.6.